The Hall–Kier alpha value is -1.06. The monoisotopic (exact) mass is 250 g/mol. The molecule has 0 radical (unpaired) electrons. The lowest BCUT2D eigenvalue weighted by atomic mass is 9.98. The second-order valence-electron chi connectivity index (χ2n) is 4.70. The number of benzene rings is 1. The molecule has 18 heavy (non-hydrogen) atoms. The first-order valence-corrected chi connectivity index (χ1v) is 6.83. The summed E-state index contributed by atoms with van der Waals surface area (Å²) in [6.07, 6.45) is 3.25. The third-order valence-electron chi connectivity index (χ3n) is 3.21. The van der Waals surface area contributed by atoms with Crippen molar-refractivity contribution in [1.82, 2.24) is 0 Å². The Balaban J connectivity index is 1.99. The summed E-state index contributed by atoms with van der Waals surface area (Å²) in [6, 6.07) is 6.03. The normalized spacial score (nSPS) is 15.9. The number of hydrogen-bond donors (Lipinski definition) is 1. The fraction of sp³-hybridized carbons (Fsp3) is 0.600. The summed E-state index contributed by atoms with van der Waals surface area (Å²) in [4.78, 5) is 0. The van der Waals surface area contributed by atoms with Crippen molar-refractivity contribution < 1.29 is 14.6 Å². The molecule has 0 spiro atoms. The van der Waals surface area contributed by atoms with Crippen LogP contribution in [0, 0.1) is 0 Å². The van der Waals surface area contributed by atoms with Gasteiger partial charge in [0.2, 0.25) is 0 Å². The highest BCUT2D eigenvalue weighted by Gasteiger charge is 2.19. The average molecular weight is 250 g/mol. The molecule has 0 fully saturated rings. The first-order valence-electron chi connectivity index (χ1n) is 6.83. The second kappa shape index (κ2) is 6.76. The van der Waals surface area contributed by atoms with Crippen molar-refractivity contribution in [1.29, 1.82) is 0 Å². The highest BCUT2D eigenvalue weighted by Crippen LogP contribution is 2.33. The van der Waals surface area contributed by atoms with Crippen LogP contribution in [0.1, 0.15) is 43.4 Å². The van der Waals surface area contributed by atoms with E-state index < -0.39 is 6.10 Å². The Kier molecular flexibility index (Phi) is 5.02. The van der Waals surface area contributed by atoms with Gasteiger partial charge in [-0.05, 0) is 24.8 Å². The van der Waals surface area contributed by atoms with Gasteiger partial charge in [-0.15, -0.1) is 0 Å². The standard InChI is InChI=1S/C15H22O3/c1-2-9-17-11-8-14(16)13-7-3-5-12-6-4-10-18-15(12)13/h3,5,7,14,16H,2,4,6,8-11H2,1H3. The number of fused-ring (bicyclic) bond motifs is 1. The van der Waals surface area contributed by atoms with E-state index in [-0.39, 0.29) is 0 Å². The average Bonchev–Trinajstić information content (AvgIpc) is 2.43. The van der Waals surface area contributed by atoms with E-state index >= 15 is 0 Å². The summed E-state index contributed by atoms with van der Waals surface area (Å²) in [7, 11) is 0. The lowest BCUT2D eigenvalue weighted by Gasteiger charge is -2.22. The van der Waals surface area contributed by atoms with Gasteiger partial charge in [0.05, 0.1) is 12.7 Å². The lowest BCUT2D eigenvalue weighted by molar-refractivity contribution is 0.0803. The number of rotatable bonds is 6. The van der Waals surface area contributed by atoms with Crippen molar-refractivity contribution >= 4 is 0 Å². The molecule has 1 aliphatic rings. The van der Waals surface area contributed by atoms with Crippen LogP contribution >= 0.6 is 0 Å². The quantitative estimate of drug-likeness (QED) is 0.789. The maximum Gasteiger partial charge on any atom is 0.128 e. The van der Waals surface area contributed by atoms with Gasteiger partial charge in [-0.3, -0.25) is 0 Å². The summed E-state index contributed by atoms with van der Waals surface area (Å²) < 4.78 is 11.1. The summed E-state index contributed by atoms with van der Waals surface area (Å²) in [6.45, 7) is 4.19. The van der Waals surface area contributed by atoms with Gasteiger partial charge in [-0.2, -0.15) is 0 Å². The molecule has 0 bridgehead atoms. The van der Waals surface area contributed by atoms with Crippen molar-refractivity contribution in [3.8, 4) is 5.75 Å². The molecule has 1 unspecified atom stereocenters. The Morgan fingerprint density at radius 3 is 3.11 bits per heavy atom. The molecule has 1 atom stereocenters. The maximum absolute atomic E-state index is 10.2. The zero-order valence-corrected chi connectivity index (χ0v) is 11.0. The van der Waals surface area contributed by atoms with Gasteiger partial charge in [0.1, 0.15) is 5.75 Å². The SMILES string of the molecule is CCCOCCC(O)c1cccc2c1OCCC2. The highest BCUT2D eigenvalue weighted by atomic mass is 16.5. The van der Waals surface area contributed by atoms with E-state index in [1.165, 1.54) is 5.56 Å². The van der Waals surface area contributed by atoms with E-state index in [0.29, 0.717) is 13.0 Å². The van der Waals surface area contributed by atoms with Crippen molar-refractivity contribution in [3.63, 3.8) is 0 Å². The van der Waals surface area contributed by atoms with Crippen LogP contribution in [0.3, 0.4) is 0 Å². The van der Waals surface area contributed by atoms with E-state index in [2.05, 4.69) is 13.0 Å². The number of aryl methyl sites for hydroxylation is 1. The lowest BCUT2D eigenvalue weighted by Crippen LogP contribution is -2.13. The predicted octanol–water partition coefficient (Wildman–Crippen LogP) is 2.86. The third kappa shape index (κ3) is 3.24. The minimum Gasteiger partial charge on any atom is -0.493 e. The zero-order chi connectivity index (χ0) is 12.8. The molecule has 0 aliphatic carbocycles. The molecule has 1 aromatic carbocycles. The van der Waals surface area contributed by atoms with Crippen LogP contribution in [0.5, 0.6) is 5.75 Å². The highest BCUT2D eigenvalue weighted by molar-refractivity contribution is 5.43. The Bertz CT molecular complexity index is 376. The maximum atomic E-state index is 10.2. The molecule has 3 heteroatoms. The Morgan fingerprint density at radius 2 is 2.28 bits per heavy atom. The van der Waals surface area contributed by atoms with Crippen LogP contribution in [0.25, 0.3) is 0 Å². The fourth-order valence-electron chi connectivity index (χ4n) is 2.27. The molecule has 2 rings (SSSR count). The van der Waals surface area contributed by atoms with Gasteiger partial charge in [0, 0.05) is 25.2 Å². The first-order chi connectivity index (χ1) is 8.83. The van der Waals surface area contributed by atoms with E-state index in [0.717, 1.165) is 43.8 Å². The van der Waals surface area contributed by atoms with Gasteiger partial charge in [-0.1, -0.05) is 25.1 Å². The van der Waals surface area contributed by atoms with Gasteiger partial charge in [-0.25, -0.2) is 0 Å². The molecule has 3 nitrogen and oxygen atoms in total. The summed E-state index contributed by atoms with van der Waals surface area (Å²) in [5.74, 6) is 0.895. The van der Waals surface area contributed by atoms with Crippen molar-refractivity contribution in [2.24, 2.45) is 0 Å². The van der Waals surface area contributed by atoms with Gasteiger partial charge in [0.15, 0.2) is 0 Å². The molecule has 0 aromatic heterocycles. The third-order valence-corrected chi connectivity index (χ3v) is 3.21. The minimum atomic E-state index is -0.491. The molecule has 0 saturated heterocycles. The van der Waals surface area contributed by atoms with E-state index in [9.17, 15) is 5.11 Å². The number of para-hydroxylation sites is 1. The largest absolute Gasteiger partial charge is 0.493 e. The van der Waals surface area contributed by atoms with Gasteiger partial charge >= 0.3 is 0 Å². The van der Waals surface area contributed by atoms with Gasteiger partial charge < -0.3 is 14.6 Å². The molecule has 1 aliphatic heterocycles. The van der Waals surface area contributed by atoms with E-state index in [1.807, 2.05) is 12.1 Å². The summed E-state index contributed by atoms with van der Waals surface area (Å²) >= 11 is 0. The number of aliphatic hydroxyl groups excluding tert-OH is 1. The van der Waals surface area contributed by atoms with Crippen LogP contribution in [-0.2, 0) is 11.2 Å². The molecular weight excluding hydrogens is 228 g/mol. The van der Waals surface area contributed by atoms with Crippen LogP contribution < -0.4 is 4.74 Å². The topological polar surface area (TPSA) is 38.7 Å². The fourth-order valence-corrected chi connectivity index (χ4v) is 2.27. The zero-order valence-electron chi connectivity index (χ0n) is 11.0. The summed E-state index contributed by atoms with van der Waals surface area (Å²) in [5, 5.41) is 10.2. The van der Waals surface area contributed by atoms with Crippen molar-refractivity contribution in [2.45, 2.75) is 38.7 Å². The molecule has 1 aromatic rings. The number of aliphatic hydroxyl groups is 1. The van der Waals surface area contributed by atoms with Crippen LogP contribution in [0.15, 0.2) is 18.2 Å². The molecule has 1 heterocycles. The molecular formula is C15H22O3. The molecule has 0 amide bonds. The van der Waals surface area contributed by atoms with Crippen LogP contribution in [0.4, 0.5) is 0 Å². The summed E-state index contributed by atoms with van der Waals surface area (Å²) in [5.41, 5.74) is 2.12. The minimum absolute atomic E-state index is 0.491. The molecule has 1 N–H and O–H groups in total. The number of ether oxygens (including phenoxy) is 2. The van der Waals surface area contributed by atoms with Crippen molar-refractivity contribution in [2.75, 3.05) is 19.8 Å². The Morgan fingerprint density at radius 1 is 1.39 bits per heavy atom. The second-order valence-corrected chi connectivity index (χ2v) is 4.70. The van der Waals surface area contributed by atoms with E-state index in [4.69, 9.17) is 9.47 Å². The molecule has 100 valence electrons. The van der Waals surface area contributed by atoms with E-state index in [1.54, 1.807) is 0 Å². The smallest absolute Gasteiger partial charge is 0.128 e. The van der Waals surface area contributed by atoms with Gasteiger partial charge in [0.25, 0.3) is 0 Å². The van der Waals surface area contributed by atoms with Crippen LogP contribution in [0.2, 0.25) is 0 Å². The van der Waals surface area contributed by atoms with Crippen LogP contribution in [-0.4, -0.2) is 24.9 Å². The number of hydrogen-bond acceptors (Lipinski definition) is 3. The predicted molar refractivity (Wildman–Crippen MR) is 70.9 cm³/mol. The molecule has 0 saturated carbocycles. The Labute approximate surface area is 109 Å². The van der Waals surface area contributed by atoms with Crippen molar-refractivity contribution in [3.05, 3.63) is 29.3 Å². The first kappa shape index (κ1) is 13.4.